The van der Waals surface area contributed by atoms with E-state index in [9.17, 15) is 4.79 Å². The highest BCUT2D eigenvalue weighted by Gasteiger charge is 2.24. The minimum atomic E-state index is 0.103. The Morgan fingerprint density at radius 1 is 1.56 bits per heavy atom. The van der Waals surface area contributed by atoms with E-state index in [-0.39, 0.29) is 5.91 Å². The van der Waals surface area contributed by atoms with Crippen LogP contribution in [0.3, 0.4) is 0 Å². The standard InChI is InChI=1S/C11H14BrNO2S/c1-15-9-4-7-16-10(9)11(14)13-5-2-8(12)3-6-13/h4,7-8H,2-3,5-6H2,1H3. The molecule has 0 N–H and O–H groups in total. The fraction of sp³-hybridized carbons (Fsp3) is 0.545. The van der Waals surface area contributed by atoms with E-state index in [1.165, 1.54) is 11.3 Å². The third kappa shape index (κ3) is 2.40. The van der Waals surface area contributed by atoms with Crippen LogP contribution >= 0.6 is 27.3 Å². The molecule has 3 nitrogen and oxygen atoms in total. The minimum absolute atomic E-state index is 0.103. The highest BCUT2D eigenvalue weighted by Crippen LogP contribution is 2.27. The van der Waals surface area contributed by atoms with Crippen molar-refractivity contribution in [2.24, 2.45) is 0 Å². The van der Waals surface area contributed by atoms with Crippen molar-refractivity contribution in [1.82, 2.24) is 4.90 Å². The molecule has 0 aliphatic carbocycles. The Morgan fingerprint density at radius 2 is 2.25 bits per heavy atom. The minimum Gasteiger partial charge on any atom is -0.495 e. The Morgan fingerprint density at radius 3 is 2.88 bits per heavy atom. The monoisotopic (exact) mass is 303 g/mol. The molecule has 1 aliphatic heterocycles. The number of methoxy groups -OCH3 is 1. The molecule has 2 heterocycles. The summed E-state index contributed by atoms with van der Waals surface area (Å²) in [6.07, 6.45) is 2.05. The molecule has 5 heteroatoms. The molecule has 1 fully saturated rings. The van der Waals surface area contributed by atoms with Crippen LogP contribution in [0.25, 0.3) is 0 Å². The molecule has 1 amide bonds. The Bertz CT molecular complexity index is 372. The number of amides is 1. The van der Waals surface area contributed by atoms with Gasteiger partial charge in [0, 0.05) is 17.9 Å². The van der Waals surface area contributed by atoms with E-state index < -0.39 is 0 Å². The number of likely N-dealkylation sites (tertiary alicyclic amines) is 1. The lowest BCUT2D eigenvalue weighted by Gasteiger charge is -2.29. The molecular formula is C11H14BrNO2S. The van der Waals surface area contributed by atoms with Crippen LogP contribution in [0.2, 0.25) is 0 Å². The van der Waals surface area contributed by atoms with Crippen molar-refractivity contribution in [1.29, 1.82) is 0 Å². The first-order chi connectivity index (χ1) is 7.72. The van der Waals surface area contributed by atoms with E-state index >= 15 is 0 Å². The van der Waals surface area contributed by atoms with E-state index in [0.29, 0.717) is 10.6 Å². The normalized spacial score (nSPS) is 17.5. The van der Waals surface area contributed by atoms with Crippen molar-refractivity contribution in [2.45, 2.75) is 17.7 Å². The first-order valence-corrected chi connectivity index (χ1v) is 7.06. The van der Waals surface area contributed by atoms with Crippen molar-refractivity contribution < 1.29 is 9.53 Å². The molecule has 0 aromatic carbocycles. The van der Waals surface area contributed by atoms with Crippen molar-refractivity contribution >= 4 is 33.2 Å². The van der Waals surface area contributed by atoms with Gasteiger partial charge in [0.15, 0.2) is 0 Å². The maximum Gasteiger partial charge on any atom is 0.267 e. The predicted octanol–water partition coefficient (Wildman–Crippen LogP) is 2.76. The molecule has 1 aliphatic rings. The quantitative estimate of drug-likeness (QED) is 0.786. The van der Waals surface area contributed by atoms with Crippen LogP contribution in [0.5, 0.6) is 5.75 Å². The number of carbonyl (C=O) groups is 1. The van der Waals surface area contributed by atoms with Crippen LogP contribution < -0.4 is 4.74 Å². The number of halogens is 1. The van der Waals surface area contributed by atoms with Gasteiger partial charge in [-0.2, -0.15) is 0 Å². The average Bonchev–Trinajstić information content (AvgIpc) is 2.77. The fourth-order valence-corrected chi connectivity index (χ4v) is 3.04. The van der Waals surface area contributed by atoms with Gasteiger partial charge in [-0.25, -0.2) is 0 Å². The van der Waals surface area contributed by atoms with Gasteiger partial charge in [0.1, 0.15) is 10.6 Å². The van der Waals surface area contributed by atoms with Gasteiger partial charge in [0.2, 0.25) is 0 Å². The Labute approximate surface area is 108 Å². The average molecular weight is 304 g/mol. The highest BCUT2D eigenvalue weighted by molar-refractivity contribution is 9.09. The Balaban J connectivity index is 2.07. The van der Waals surface area contributed by atoms with Gasteiger partial charge in [-0.3, -0.25) is 4.79 Å². The maximum atomic E-state index is 12.2. The summed E-state index contributed by atoms with van der Waals surface area (Å²) in [6.45, 7) is 1.66. The molecule has 0 radical (unpaired) electrons. The predicted molar refractivity (Wildman–Crippen MR) is 68.7 cm³/mol. The van der Waals surface area contributed by atoms with Gasteiger partial charge < -0.3 is 9.64 Å². The van der Waals surface area contributed by atoms with Gasteiger partial charge in [-0.05, 0) is 24.3 Å². The van der Waals surface area contributed by atoms with Gasteiger partial charge in [0.25, 0.3) is 5.91 Å². The van der Waals surface area contributed by atoms with Crippen LogP contribution in [0.4, 0.5) is 0 Å². The lowest BCUT2D eigenvalue weighted by atomic mass is 10.1. The van der Waals surface area contributed by atoms with Crippen LogP contribution in [0, 0.1) is 0 Å². The number of carbonyl (C=O) groups excluding carboxylic acids is 1. The summed E-state index contributed by atoms with van der Waals surface area (Å²) in [7, 11) is 1.60. The summed E-state index contributed by atoms with van der Waals surface area (Å²) in [5.41, 5.74) is 0. The van der Waals surface area contributed by atoms with Gasteiger partial charge in [-0.15, -0.1) is 11.3 Å². The van der Waals surface area contributed by atoms with Gasteiger partial charge in [0.05, 0.1) is 7.11 Å². The molecule has 0 spiro atoms. The molecule has 1 aromatic heterocycles. The van der Waals surface area contributed by atoms with Crippen molar-refractivity contribution in [3.63, 3.8) is 0 Å². The number of hydrogen-bond donors (Lipinski definition) is 0. The highest BCUT2D eigenvalue weighted by atomic mass is 79.9. The number of hydrogen-bond acceptors (Lipinski definition) is 3. The molecule has 2 rings (SSSR count). The van der Waals surface area contributed by atoms with E-state index in [4.69, 9.17) is 4.74 Å². The van der Waals surface area contributed by atoms with Crippen LogP contribution in [0.1, 0.15) is 22.5 Å². The maximum absolute atomic E-state index is 12.2. The molecule has 0 bridgehead atoms. The van der Waals surface area contributed by atoms with Crippen LogP contribution in [0.15, 0.2) is 11.4 Å². The van der Waals surface area contributed by atoms with E-state index in [0.717, 1.165) is 30.8 Å². The summed E-state index contributed by atoms with van der Waals surface area (Å²) in [6, 6.07) is 1.84. The third-order valence-electron chi connectivity index (χ3n) is 2.75. The molecule has 1 aromatic rings. The van der Waals surface area contributed by atoms with Crippen LogP contribution in [-0.2, 0) is 0 Å². The van der Waals surface area contributed by atoms with E-state index in [1.807, 2.05) is 16.3 Å². The second kappa shape index (κ2) is 5.19. The van der Waals surface area contributed by atoms with Gasteiger partial charge >= 0.3 is 0 Å². The molecule has 0 unspecified atom stereocenters. The molecule has 0 atom stereocenters. The smallest absolute Gasteiger partial charge is 0.267 e. The largest absolute Gasteiger partial charge is 0.495 e. The number of ether oxygens (including phenoxy) is 1. The Hall–Kier alpha value is -0.550. The number of nitrogens with zero attached hydrogens (tertiary/aromatic N) is 1. The summed E-state index contributed by atoms with van der Waals surface area (Å²) >= 11 is 5.03. The summed E-state index contributed by atoms with van der Waals surface area (Å²) < 4.78 is 5.17. The van der Waals surface area contributed by atoms with E-state index in [2.05, 4.69) is 15.9 Å². The second-order valence-electron chi connectivity index (χ2n) is 3.78. The molecular weight excluding hydrogens is 290 g/mol. The molecule has 1 saturated heterocycles. The van der Waals surface area contributed by atoms with Gasteiger partial charge in [-0.1, -0.05) is 15.9 Å². The van der Waals surface area contributed by atoms with Crippen molar-refractivity contribution in [2.75, 3.05) is 20.2 Å². The molecule has 0 saturated carbocycles. The zero-order valence-electron chi connectivity index (χ0n) is 9.11. The number of thiophene rings is 1. The second-order valence-corrected chi connectivity index (χ2v) is 6.00. The first kappa shape index (κ1) is 11.9. The SMILES string of the molecule is COc1ccsc1C(=O)N1CCC(Br)CC1. The van der Waals surface area contributed by atoms with Crippen molar-refractivity contribution in [3.8, 4) is 5.75 Å². The molecule has 88 valence electrons. The van der Waals surface area contributed by atoms with Crippen molar-refractivity contribution in [3.05, 3.63) is 16.3 Å². The third-order valence-corrected chi connectivity index (χ3v) is 4.55. The topological polar surface area (TPSA) is 29.5 Å². The first-order valence-electron chi connectivity index (χ1n) is 5.27. The lowest BCUT2D eigenvalue weighted by molar-refractivity contribution is 0.0730. The summed E-state index contributed by atoms with van der Waals surface area (Å²) in [5.74, 6) is 0.794. The zero-order chi connectivity index (χ0) is 11.5. The molecule has 16 heavy (non-hydrogen) atoms. The summed E-state index contributed by atoms with van der Waals surface area (Å²) in [5, 5.41) is 1.89. The fourth-order valence-electron chi connectivity index (χ4n) is 1.81. The lowest BCUT2D eigenvalue weighted by Crippen LogP contribution is -2.38. The number of alkyl halides is 1. The number of piperidine rings is 1. The number of rotatable bonds is 2. The zero-order valence-corrected chi connectivity index (χ0v) is 11.5. The van der Waals surface area contributed by atoms with Crippen LogP contribution in [-0.4, -0.2) is 35.8 Å². The summed E-state index contributed by atoms with van der Waals surface area (Å²) in [4.78, 5) is 15.4. The Kier molecular flexibility index (Phi) is 3.86. The van der Waals surface area contributed by atoms with E-state index in [1.54, 1.807) is 7.11 Å².